The lowest BCUT2D eigenvalue weighted by Gasteiger charge is -2.02. The van der Waals surface area contributed by atoms with Crippen LogP contribution in [0.1, 0.15) is 6.92 Å². The zero-order valence-corrected chi connectivity index (χ0v) is 14.0. The standard InChI is InChI=1S/C17H14F2N2O3S/c1-2-3-4-5-16(23)24-9-15(22)21-17-20-14(10-25-17)11-6-7-12(18)13(19)8-11/h2-8,10H,9H2,1H3,(H,20,21,22). The number of carbonyl (C=O) groups is 2. The molecule has 1 aromatic heterocycles. The molecule has 0 saturated carbocycles. The lowest BCUT2D eigenvalue weighted by atomic mass is 10.2. The van der Waals surface area contributed by atoms with Gasteiger partial charge in [-0.2, -0.15) is 0 Å². The molecule has 2 aromatic rings. The fourth-order valence-electron chi connectivity index (χ4n) is 1.70. The SMILES string of the molecule is CC=CC=CC(=O)OCC(=O)Nc1nc(-c2ccc(F)c(F)c2)cs1. The molecule has 0 bridgehead atoms. The van der Waals surface area contributed by atoms with E-state index in [1.165, 1.54) is 18.2 Å². The number of hydrogen-bond donors (Lipinski definition) is 1. The minimum atomic E-state index is -0.978. The van der Waals surface area contributed by atoms with Crippen molar-refractivity contribution >= 4 is 28.3 Å². The number of ether oxygens (including phenoxy) is 1. The highest BCUT2D eigenvalue weighted by molar-refractivity contribution is 7.14. The molecule has 130 valence electrons. The quantitative estimate of drug-likeness (QED) is 0.482. The second-order valence-corrected chi connectivity index (χ2v) is 5.57. The van der Waals surface area contributed by atoms with Crippen LogP contribution in [-0.4, -0.2) is 23.5 Å². The van der Waals surface area contributed by atoms with Crippen LogP contribution < -0.4 is 5.32 Å². The summed E-state index contributed by atoms with van der Waals surface area (Å²) in [5.41, 5.74) is 0.779. The summed E-state index contributed by atoms with van der Waals surface area (Å²) in [6.07, 6.45) is 6.08. The van der Waals surface area contributed by atoms with Crippen LogP contribution in [0.4, 0.5) is 13.9 Å². The van der Waals surface area contributed by atoms with Gasteiger partial charge in [-0.05, 0) is 25.1 Å². The number of nitrogens with one attached hydrogen (secondary N) is 1. The van der Waals surface area contributed by atoms with Gasteiger partial charge in [0.2, 0.25) is 0 Å². The molecule has 0 radical (unpaired) electrons. The molecule has 0 aliphatic rings. The number of nitrogens with zero attached hydrogens (tertiary/aromatic N) is 1. The third-order valence-corrected chi connectivity index (χ3v) is 3.61. The van der Waals surface area contributed by atoms with Gasteiger partial charge in [-0.15, -0.1) is 11.3 Å². The van der Waals surface area contributed by atoms with Gasteiger partial charge in [0.25, 0.3) is 5.91 Å². The highest BCUT2D eigenvalue weighted by atomic mass is 32.1. The Labute approximate surface area is 146 Å². The summed E-state index contributed by atoms with van der Waals surface area (Å²) >= 11 is 1.11. The van der Waals surface area contributed by atoms with Gasteiger partial charge < -0.3 is 4.74 Å². The van der Waals surface area contributed by atoms with Gasteiger partial charge in [-0.3, -0.25) is 10.1 Å². The number of amides is 1. The summed E-state index contributed by atoms with van der Waals surface area (Å²) in [5.74, 6) is -3.12. The van der Waals surface area contributed by atoms with Gasteiger partial charge in [0.15, 0.2) is 23.4 Å². The van der Waals surface area contributed by atoms with Gasteiger partial charge in [0, 0.05) is 17.0 Å². The number of rotatable bonds is 6. The number of allylic oxidation sites excluding steroid dienone is 3. The fraction of sp³-hybridized carbons (Fsp3) is 0.118. The second-order valence-electron chi connectivity index (χ2n) is 4.71. The van der Waals surface area contributed by atoms with Crippen molar-refractivity contribution in [3.05, 3.63) is 59.5 Å². The summed E-state index contributed by atoms with van der Waals surface area (Å²) < 4.78 is 30.9. The molecule has 1 heterocycles. The van der Waals surface area contributed by atoms with Crippen LogP contribution in [-0.2, 0) is 14.3 Å². The van der Waals surface area contributed by atoms with E-state index >= 15 is 0 Å². The number of halogens is 2. The number of aromatic nitrogens is 1. The summed E-state index contributed by atoms with van der Waals surface area (Å²) in [6, 6.07) is 3.41. The molecule has 25 heavy (non-hydrogen) atoms. The Morgan fingerprint density at radius 1 is 1.28 bits per heavy atom. The maximum absolute atomic E-state index is 13.2. The molecule has 5 nitrogen and oxygen atoms in total. The van der Waals surface area contributed by atoms with Gasteiger partial charge >= 0.3 is 5.97 Å². The minimum absolute atomic E-state index is 0.255. The molecule has 0 spiro atoms. The molecule has 0 aliphatic carbocycles. The first-order valence-corrected chi connectivity index (χ1v) is 8.04. The Morgan fingerprint density at radius 3 is 2.80 bits per heavy atom. The van der Waals surface area contributed by atoms with Crippen molar-refractivity contribution in [3.63, 3.8) is 0 Å². The van der Waals surface area contributed by atoms with Crippen molar-refractivity contribution in [3.8, 4) is 11.3 Å². The number of anilines is 1. The van der Waals surface area contributed by atoms with E-state index in [0.717, 1.165) is 23.5 Å². The number of carbonyl (C=O) groups excluding carboxylic acids is 2. The van der Waals surface area contributed by atoms with E-state index in [0.29, 0.717) is 11.3 Å². The van der Waals surface area contributed by atoms with Crippen LogP contribution in [0.25, 0.3) is 11.3 Å². The minimum Gasteiger partial charge on any atom is -0.452 e. The lowest BCUT2D eigenvalue weighted by molar-refractivity contribution is -0.142. The third kappa shape index (κ3) is 5.61. The van der Waals surface area contributed by atoms with Crippen LogP contribution in [0.5, 0.6) is 0 Å². The average molecular weight is 364 g/mol. The molecule has 0 unspecified atom stereocenters. The summed E-state index contributed by atoms with van der Waals surface area (Å²) in [6.45, 7) is 1.34. The van der Waals surface area contributed by atoms with Gasteiger partial charge in [-0.25, -0.2) is 18.6 Å². The van der Waals surface area contributed by atoms with Crippen molar-refractivity contribution in [2.45, 2.75) is 6.92 Å². The summed E-state index contributed by atoms with van der Waals surface area (Å²) in [7, 11) is 0. The normalized spacial score (nSPS) is 11.2. The Kier molecular flexibility index (Phi) is 6.53. The number of benzene rings is 1. The molecular formula is C17H14F2N2O3S. The highest BCUT2D eigenvalue weighted by Crippen LogP contribution is 2.26. The zero-order valence-electron chi connectivity index (χ0n) is 13.2. The van der Waals surface area contributed by atoms with E-state index in [2.05, 4.69) is 10.3 Å². The van der Waals surface area contributed by atoms with E-state index in [4.69, 9.17) is 4.74 Å². The smallest absolute Gasteiger partial charge is 0.331 e. The van der Waals surface area contributed by atoms with E-state index in [9.17, 15) is 18.4 Å². The van der Waals surface area contributed by atoms with Crippen molar-refractivity contribution in [2.24, 2.45) is 0 Å². The average Bonchev–Trinajstić information content (AvgIpc) is 3.04. The maximum atomic E-state index is 13.2. The maximum Gasteiger partial charge on any atom is 0.331 e. The first-order chi connectivity index (χ1) is 12.0. The van der Waals surface area contributed by atoms with Crippen molar-refractivity contribution < 1.29 is 23.1 Å². The van der Waals surface area contributed by atoms with E-state index < -0.39 is 30.1 Å². The van der Waals surface area contributed by atoms with Gasteiger partial charge in [-0.1, -0.05) is 18.2 Å². The topological polar surface area (TPSA) is 68.3 Å². The van der Waals surface area contributed by atoms with Gasteiger partial charge in [0.1, 0.15) is 0 Å². The predicted octanol–water partition coefficient (Wildman–Crippen LogP) is 3.70. The molecule has 0 fully saturated rings. The van der Waals surface area contributed by atoms with Crippen LogP contribution in [0.3, 0.4) is 0 Å². The fourth-order valence-corrected chi connectivity index (χ4v) is 2.44. The van der Waals surface area contributed by atoms with Crippen LogP contribution in [0.2, 0.25) is 0 Å². The molecule has 1 aromatic carbocycles. The van der Waals surface area contributed by atoms with E-state index in [1.54, 1.807) is 24.5 Å². The number of esters is 1. The van der Waals surface area contributed by atoms with Crippen molar-refractivity contribution in [1.29, 1.82) is 0 Å². The molecule has 1 N–H and O–H groups in total. The Balaban J connectivity index is 1.91. The Morgan fingerprint density at radius 2 is 2.08 bits per heavy atom. The van der Waals surface area contributed by atoms with Crippen LogP contribution in [0, 0.1) is 11.6 Å². The zero-order chi connectivity index (χ0) is 18.2. The molecule has 0 aliphatic heterocycles. The van der Waals surface area contributed by atoms with Crippen molar-refractivity contribution in [2.75, 3.05) is 11.9 Å². The summed E-state index contributed by atoms with van der Waals surface area (Å²) in [4.78, 5) is 27.2. The first kappa shape index (κ1) is 18.5. The molecule has 8 heteroatoms. The Bertz CT molecular complexity index is 831. The number of thiazole rings is 1. The lowest BCUT2D eigenvalue weighted by Crippen LogP contribution is -2.20. The molecule has 0 saturated heterocycles. The molecule has 1 amide bonds. The van der Waals surface area contributed by atoms with E-state index in [-0.39, 0.29) is 5.13 Å². The molecule has 2 rings (SSSR count). The first-order valence-electron chi connectivity index (χ1n) is 7.16. The van der Waals surface area contributed by atoms with Gasteiger partial charge in [0.05, 0.1) is 5.69 Å². The predicted molar refractivity (Wildman–Crippen MR) is 91.0 cm³/mol. The number of hydrogen-bond acceptors (Lipinski definition) is 5. The third-order valence-electron chi connectivity index (χ3n) is 2.85. The van der Waals surface area contributed by atoms with E-state index in [1.807, 2.05) is 0 Å². The van der Waals surface area contributed by atoms with Crippen LogP contribution >= 0.6 is 11.3 Å². The second kappa shape index (κ2) is 8.84. The highest BCUT2D eigenvalue weighted by Gasteiger charge is 2.11. The van der Waals surface area contributed by atoms with Crippen LogP contribution in [0.15, 0.2) is 47.9 Å². The Hall–Kier alpha value is -2.87. The largest absolute Gasteiger partial charge is 0.452 e. The van der Waals surface area contributed by atoms with Crippen molar-refractivity contribution in [1.82, 2.24) is 4.98 Å². The molecule has 0 atom stereocenters. The molecular weight excluding hydrogens is 350 g/mol. The summed E-state index contributed by atoms with van der Waals surface area (Å²) in [5, 5.41) is 4.31. The monoisotopic (exact) mass is 364 g/mol.